The van der Waals surface area contributed by atoms with Gasteiger partial charge < -0.3 is 15.8 Å². The lowest BCUT2D eigenvalue weighted by Crippen LogP contribution is -2.16. The number of hydrogen-bond donors (Lipinski definition) is 2. The summed E-state index contributed by atoms with van der Waals surface area (Å²) in [6.45, 7) is -0.764. The van der Waals surface area contributed by atoms with Crippen LogP contribution in [0, 0.1) is 0 Å². The van der Waals surface area contributed by atoms with Crippen LogP contribution in [0.2, 0.25) is 0 Å². The number of nitrogens with one attached hydrogen (secondary N) is 1. The van der Waals surface area contributed by atoms with Crippen LogP contribution in [0.1, 0.15) is 34.9 Å². The molecule has 1 aromatic heterocycles. The monoisotopic (exact) mass is 273 g/mol. The number of carbonyl (C=O) groups is 1. The Hall–Kier alpha value is -1.76. The van der Waals surface area contributed by atoms with Gasteiger partial charge in [-0.05, 0) is 31.0 Å². The highest BCUT2D eigenvalue weighted by atomic mass is 19.3. The molecule has 0 spiro atoms. The van der Waals surface area contributed by atoms with E-state index in [4.69, 9.17) is 5.73 Å². The van der Waals surface area contributed by atoms with Crippen molar-refractivity contribution in [2.24, 2.45) is 0 Å². The van der Waals surface area contributed by atoms with Gasteiger partial charge in [-0.1, -0.05) is 0 Å². The average Bonchev–Trinajstić information content (AvgIpc) is 2.93. The van der Waals surface area contributed by atoms with Crippen LogP contribution < -0.4 is 11.1 Å². The molecule has 0 radical (unpaired) electrons. The molecule has 1 saturated heterocycles. The normalized spacial score (nSPS) is 17.5. The lowest BCUT2D eigenvalue weighted by Gasteiger charge is -2.13. The molecule has 0 aromatic carbocycles. The Labute approximate surface area is 110 Å². The number of esters is 1. The molecule has 1 atom stereocenters. The van der Waals surface area contributed by atoms with Gasteiger partial charge in [-0.3, -0.25) is 0 Å². The van der Waals surface area contributed by atoms with Gasteiger partial charge in [-0.25, -0.2) is 18.6 Å². The molecule has 0 aliphatic carbocycles. The molecule has 1 unspecified atom stereocenters. The standard InChI is InChI=1S/C11H15N3O2.CH2F2/c1-16-11(15)10-5-7(8(12)6-14-10)9-3-2-4-13-9;2-1-3/h5-6,9,13H,2-4,12H2,1H3;1H2. The minimum atomic E-state index is -1.75. The highest BCUT2D eigenvalue weighted by Gasteiger charge is 2.20. The largest absolute Gasteiger partial charge is 0.464 e. The fraction of sp³-hybridized carbons (Fsp3) is 0.500. The molecule has 5 nitrogen and oxygen atoms in total. The van der Waals surface area contributed by atoms with Gasteiger partial charge in [0.25, 0.3) is 0 Å². The molecular weight excluding hydrogens is 256 g/mol. The molecule has 1 aromatic rings. The molecule has 1 aliphatic heterocycles. The van der Waals surface area contributed by atoms with Crippen molar-refractivity contribution in [1.29, 1.82) is 0 Å². The molecule has 19 heavy (non-hydrogen) atoms. The van der Waals surface area contributed by atoms with Crippen molar-refractivity contribution in [3.63, 3.8) is 0 Å². The number of nitrogen functional groups attached to an aromatic ring is 1. The third-order valence-corrected chi connectivity index (χ3v) is 2.80. The molecule has 7 heteroatoms. The minimum absolute atomic E-state index is 0.228. The molecular formula is C12H17F2N3O2. The van der Waals surface area contributed by atoms with E-state index in [2.05, 4.69) is 15.0 Å². The van der Waals surface area contributed by atoms with E-state index in [1.54, 1.807) is 6.07 Å². The van der Waals surface area contributed by atoms with E-state index < -0.39 is 12.9 Å². The summed E-state index contributed by atoms with van der Waals surface area (Å²) in [5.41, 5.74) is 7.72. The lowest BCUT2D eigenvalue weighted by molar-refractivity contribution is 0.0594. The summed E-state index contributed by atoms with van der Waals surface area (Å²) in [6, 6.07) is 1.94. The third kappa shape index (κ3) is 4.13. The number of rotatable bonds is 2. The lowest BCUT2D eigenvalue weighted by atomic mass is 10.0. The average molecular weight is 273 g/mol. The summed E-state index contributed by atoms with van der Waals surface area (Å²) in [6.07, 6.45) is 3.68. The summed E-state index contributed by atoms with van der Waals surface area (Å²) < 4.78 is 23.9. The Balaban J connectivity index is 0.000000550. The first-order chi connectivity index (χ1) is 9.13. The number of nitrogens with zero attached hydrogens (tertiary/aromatic N) is 1. The second-order valence-corrected chi connectivity index (χ2v) is 3.94. The summed E-state index contributed by atoms with van der Waals surface area (Å²) in [4.78, 5) is 15.3. The smallest absolute Gasteiger partial charge is 0.356 e. The summed E-state index contributed by atoms with van der Waals surface area (Å²) in [5.74, 6) is -0.431. The number of alkyl halides is 2. The molecule has 1 fully saturated rings. The van der Waals surface area contributed by atoms with Gasteiger partial charge in [-0.2, -0.15) is 0 Å². The zero-order chi connectivity index (χ0) is 14.3. The molecule has 0 amide bonds. The van der Waals surface area contributed by atoms with Crippen molar-refractivity contribution in [3.8, 4) is 0 Å². The zero-order valence-corrected chi connectivity index (χ0v) is 10.7. The van der Waals surface area contributed by atoms with Crippen LogP contribution in [0.25, 0.3) is 0 Å². The molecule has 1 aliphatic rings. The van der Waals surface area contributed by atoms with E-state index in [9.17, 15) is 13.6 Å². The molecule has 3 N–H and O–H groups in total. The number of nitrogens with two attached hydrogens (primary N) is 1. The number of methoxy groups -OCH3 is 1. The SMILES string of the molecule is COC(=O)c1cc(C2CCCN2)c(N)cn1.FCF. The third-order valence-electron chi connectivity index (χ3n) is 2.80. The van der Waals surface area contributed by atoms with Crippen LogP contribution in [0.4, 0.5) is 14.5 Å². The maximum absolute atomic E-state index is 11.3. The van der Waals surface area contributed by atoms with Gasteiger partial charge >= 0.3 is 5.97 Å². The van der Waals surface area contributed by atoms with E-state index in [1.807, 2.05) is 0 Å². The van der Waals surface area contributed by atoms with Gasteiger partial charge in [0.05, 0.1) is 19.0 Å². The van der Waals surface area contributed by atoms with Crippen LogP contribution in [0.15, 0.2) is 12.3 Å². The predicted octanol–water partition coefficient (Wildman–Crippen LogP) is 1.76. The second kappa shape index (κ2) is 7.63. The van der Waals surface area contributed by atoms with Crippen molar-refractivity contribution in [2.75, 3.05) is 26.3 Å². The van der Waals surface area contributed by atoms with Crippen LogP contribution >= 0.6 is 0 Å². The number of carbonyl (C=O) groups excluding carboxylic acids is 1. The Morgan fingerprint density at radius 3 is 2.84 bits per heavy atom. The van der Waals surface area contributed by atoms with E-state index >= 15 is 0 Å². The van der Waals surface area contributed by atoms with Crippen molar-refractivity contribution in [3.05, 3.63) is 23.5 Å². The van der Waals surface area contributed by atoms with Crippen LogP contribution in [0.3, 0.4) is 0 Å². The quantitative estimate of drug-likeness (QED) is 0.803. The highest BCUT2D eigenvalue weighted by Crippen LogP contribution is 2.27. The van der Waals surface area contributed by atoms with Crippen LogP contribution in [-0.4, -0.2) is 31.5 Å². The number of ether oxygens (including phenoxy) is 1. The van der Waals surface area contributed by atoms with Gasteiger partial charge in [0.2, 0.25) is 6.93 Å². The van der Waals surface area contributed by atoms with Crippen LogP contribution in [-0.2, 0) is 4.74 Å². The van der Waals surface area contributed by atoms with E-state index in [0.717, 1.165) is 24.9 Å². The van der Waals surface area contributed by atoms with Crippen LogP contribution in [0.5, 0.6) is 0 Å². The van der Waals surface area contributed by atoms with Crippen molar-refractivity contribution in [1.82, 2.24) is 10.3 Å². The fourth-order valence-corrected chi connectivity index (χ4v) is 1.95. The molecule has 2 heterocycles. The van der Waals surface area contributed by atoms with Gasteiger partial charge in [0.1, 0.15) is 5.69 Å². The summed E-state index contributed by atoms with van der Waals surface area (Å²) in [5, 5.41) is 3.34. The molecule has 2 rings (SSSR count). The summed E-state index contributed by atoms with van der Waals surface area (Å²) >= 11 is 0. The topological polar surface area (TPSA) is 77.2 Å². The van der Waals surface area contributed by atoms with E-state index in [1.165, 1.54) is 13.3 Å². The van der Waals surface area contributed by atoms with E-state index in [0.29, 0.717) is 11.4 Å². The van der Waals surface area contributed by atoms with Crippen molar-refractivity contribution >= 4 is 11.7 Å². The second-order valence-electron chi connectivity index (χ2n) is 3.94. The number of pyridine rings is 1. The first-order valence-corrected chi connectivity index (χ1v) is 5.83. The predicted molar refractivity (Wildman–Crippen MR) is 67.0 cm³/mol. The van der Waals surface area contributed by atoms with Gasteiger partial charge in [-0.15, -0.1) is 0 Å². The van der Waals surface area contributed by atoms with E-state index in [-0.39, 0.29) is 6.04 Å². The first-order valence-electron chi connectivity index (χ1n) is 5.83. The highest BCUT2D eigenvalue weighted by molar-refractivity contribution is 5.87. The minimum Gasteiger partial charge on any atom is -0.464 e. The molecule has 0 bridgehead atoms. The van der Waals surface area contributed by atoms with Gasteiger partial charge in [0.15, 0.2) is 0 Å². The Morgan fingerprint density at radius 1 is 1.63 bits per heavy atom. The molecule has 0 saturated carbocycles. The van der Waals surface area contributed by atoms with Crippen molar-refractivity contribution in [2.45, 2.75) is 18.9 Å². The summed E-state index contributed by atoms with van der Waals surface area (Å²) in [7, 11) is 1.34. The van der Waals surface area contributed by atoms with Crippen molar-refractivity contribution < 1.29 is 18.3 Å². The number of halogens is 2. The maximum Gasteiger partial charge on any atom is 0.356 e. The number of aromatic nitrogens is 1. The zero-order valence-electron chi connectivity index (χ0n) is 10.7. The van der Waals surface area contributed by atoms with Gasteiger partial charge in [0, 0.05) is 6.04 Å². The number of anilines is 1. The maximum atomic E-state index is 11.3. The Kier molecular flexibility index (Phi) is 6.14. The molecule has 106 valence electrons. The Morgan fingerprint density at radius 2 is 2.32 bits per heavy atom. The Bertz CT molecular complexity index is 423. The number of hydrogen-bond acceptors (Lipinski definition) is 5. The first kappa shape index (κ1) is 15.3. The fourth-order valence-electron chi connectivity index (χ4n) is 1.95.